The van der Waals surface area contributed by atoms with Crippen molar-refractivity contribution < 1.29 is 9.53 Å². The Labute approximate surface area is 137 Å². The van der Waals surface area contributed by atoms with E-state index >= 15 is 0 Å². The number of carbonyl (C=O) groups is 1. The summed E-state index contributed by atoms with van der Waals surface area (Å²) in [5.74, 6) is -0.602. The van der Waals surface area contributed by atoms with E-state index in [-0.39, 0.29) is 24.1 Å². The highest BCUT2D eigenvalue weighted by Gasteiger charge is 2.20. The highest BCUT2D eigenvalue weighted by Crippen LogP contribution is 2.21. The number of esters is 1. The summed E-state index contributed by atoms with van der Waals surface area (Å²) in [5, 5.41) is 1.79. The van der Waals surface area contributed by atoms with E-state index in [0.29, 0.717) is 17.1 Å². The first kappa shape index (κ1) is 15.4. The first-order valence-corrected chi connectivity index (χ1v) is 8.24. The second-order valence-electron chi connectivity index (χ2n) is 5.12. The molecule has 0 spiro atoms. The number of thiazole rings is 1. The summed E-state index contributed by atoms with van der Waals surface area (Å²) in [4.78, 5) is 29.1. The van der Waals surface area contributed by atoms with E-state index in [4.69, 9.17) is 4.74 Å². The molecule has 0 saturated carbocycles. The lowest BCUT2D eigenvalue weighted by Gasteiger charge is -2.14. The Morgan fingerprint density at radius 2 is 2.13 bits per heavy atom. The lowest BCUT2D eigenvalue weighted by atomic mass is 9.97. The van der Waals surface area contributed by atoms with Crippen molar-refractivity contribution in [1.82, 2.24) is 9.38 Å². The largest absolute Gasteiger partial charge is 0.459 e. The van der Waals surface area contributed by atoms with Gasteiger partial charge in [-0.05, 0) is 12.0 Å². The number of hydrogen-bond donors (Lipinski definition) is 0. The minimum Gasteiger partial charge on any atom is -0.459 e. The molecular weight excluding hydrogens is 312 g/mol. The van der Waals surface area contributed by atoms with Gasteiger partial charge >= 0.3 is 5.97 Å². The summed E-state index contributed by atoms with van der Waals surface area (Å²) >= 11 is 1.37. The van der Waals surface area contributed by atoms with Gasteiger partial charge in [-0.25, -0.2) is 4.98 Å². The lowest BCUT2D eigenvalue weighted by Crippen LogP contribution is -2.18. The average Bonchev–Trinajstić information content (AvgIpc) is 3.04. The standard InChI is InChI=1S/C17H16N2O3S/c1-2-14(12-6-4-3-5-7-12)16(21)22-11-13-10-15(20)19-8-9-23-17(19)18-13/h3-10,14H,2,11H2,1H3/t14-/m0/s1. The van der Waals surface area contributed by atoms with Crippen LogP contribution in [0.1, 0.15) is 30.5 Å². The molecule has 0 radical (unpaired) electrons. The fraction of sp³-hybridized carbons (Fsp3) is 0.235. The van der Waals surface area contributed by atoms with Crippen LogP contribution in [0.2, 0.25) is 0 Å². The van der Waals surface area contributed by atoms with Crippen LogP contribution in [-0.2, 0) is 16.1 Å². The number of benzene rings is 1. The number of nitrogens with zero attached hydrogens (tertiary/aromatic N) is 2. The molecule has 0 aliphatic rings. The Balaban J connectivity index is 1.73. The van der Waals surface area contributed by atoms with Gasteiger partial charge in [0.15, 0.2) is 4.96 Å². The van der Waals surface area contributed by atoms with E-state index < -0.39 is 0 Å². The smallest absolute Gasteiger partial charge is 0.313 e. The number of fused-ring (bicyclic) bond motifs is 1. The third-order valence-corrected chi connectivity index (χ3v) is 4.37. The van der Waals surface area contributed by atoms with Gasteiger partial charge in [0.25, 0.3) is 5.56 Å². The Bertz CT molecular complexity index is 870. The molecule has 3 aromatic rings. The molecule has 118 valence electrons. The van der Waals surface area contributed by atoms with Gasteiger partial charge in [0, 0.05) is 17.6 Å². The third-order valence-electron chi connectivity index (χ3n) is 3.61. The topological polar surface area (TPSA) is 60.7 Å². The van der Waals surface area contributed by atoms with E-state index in [9.17, 15) is 9.59 Å². The second kappa shape index (κ2) is 6.75. The monoisotopic (exact) mass is 328 g/mol. The summed E-state index contributed by atoms with van der Waals surface area (Å²) in [6.45, 7) is 1.95. The van der Waals surface area contributed by atoms with Gasteiger partial charge in [-0.1, -0.05) is 37.3 Å². The van der Waals surface area contributed by atoms with E-state index in [1.807, 2.05) is 37.3 Å². The van der Waals surface area contributed by atoms with Crippen LogP contribution in [0.15, 0.2) is 52.8 Å². The highest BCUT2D eigenvalue weighted by molar-refractivity contribution is 7.15. The number of ether oxygens (including phenoxy) is 1. The fourth-order valence-corrected chi connectivity index (χ4v) is 3.17. The molecule has 23 heavy (non-hydrogen) atoms. The predicted molar refractivity (Wildman–Crippen MR) is 88.6 cm³/mol. The van der Waals surface area contributed by atoms with Crippen LogP contribution in [0, 0.1) is 0 Å². The maximum Gasteiger partial charge on any atom is 0.313 e. The van der Waals surface area contributed by atoms with Crippen molar-refractivity contribution in [2.45, 2.75) is 25.9 Å². The molecule has 2 aromatic heterocycles. The van der Waals surface area contributed by atoms with Crippen molar-refractivity contribution in [2.75, 3.05) is 0 Å². The van der Waals surface area contributed by atoms with Crippen LogP contribution in [0.4, 0.5) is 0 Å². The normalized spacial score (nSPS) is 12.2. The van der Waals surface area contributed by atoms with Crippen LogP contribution < -0.4 is 5.56 Å². The van der Waals surface area contributed by atoms with Crippen LogP contribution in [0.25, 0.3) is 4.96 Å². The molecule has 5 nitrogen and oxygen atoms in total. The van der Waals surface area contributed by atoms with Gasteiger partial charge in [0.1, 0.15) is 6.61 Å². The number of aromatic nitrogens is 2. The van der Waals surface area contributed by atoms with Crippen molar-refractivity contribution >= 4 is 22.3 Å². The van der Waals surface area contributed by atoms with Gasteiger partial charge in [-0.3, -0.25) is 14.0 Å². The van der Waals surface area contributed by atoms with Gasteiger partial charge in [0.05, 0.1) is 11.6 Å². The van der Waals surface area contributed by atoms with Gasteiger partial charge < -0.3 is 4.74 Å². The number of rotatable bonds is 5. The van der Waals surface area contributed by atoms with Gasteiger partial charge in [0.2, 0.25) is 0 Å². The van der Waals surface area contributed by atoms with Crippen LogP contribution in [-0.4, -0.2) is 15.4 Å². The second-order valence-corrected chi connectivity index (χ2v) is 5.99. The molecule has 0 saturated heterocycles. The Hall–Kier alpha value is -2.47. The SMILES string of the molecule is CC[C@H](C(=O)OCc1cc(=O)n2ccsc2n1)c1ccccc1. The van der Waals surface area contributed by atoms with Gasteiger partial charge in [-0.15, -0.1) is 11.3 Å². The number of hydrogen-bond acceptors (Lipinski definition) is 5. The quantitative estimate of drug-likeness (QED) is 0.676. The summed E-state index contributed by atoms with van der Waals surface area (Å²) in [5.41, 5.74) is 1.23. The third kappa shape index (κ3) is 3.32. The van der Waals surface area contributed by atoms with Crippen LogP contribution >= 0.6 is 11.3 Å². The molecule has 0 unspecified atom stereocenters. The van der Waals surface area contributed by atoms with Crippen molar-refractivity contribution in [3.8, 4) is 0 Å². The zero-order chi connectivity index (χ0) is 16.2. The summed E-state index contributed by atoms with van der Waals surface area (Å²) in [6.07, 6.45) is 2.33. The molecule has 1 atom stereocenters. The zero-order valence-corrected chi connectivity index (χ0v) is 13.5. The van der Waals surface area contributed by atoms with Crippen molar-refractivity contribution in [1.29, 1.82) is 0 Å². The summed E-state index contributed by atoms with van der Waals surface area (Å²) < 4.78 is 6.84. The Morgan fingerprint density at radius 1 is 1.35 bits per heavy atom. The molecule has 3 rings (SSSR count). The first-order valence-electron chi connectivity index (χ1n) is 7.36. The minimum atomic E-state index is -0.303. The maximum atomic E-state index is 12.3. The molecule has 0 aliphatic carbocycles. The van der Waals surface area contributed by atoms with E-state index in [1.165, 1.54) is 21.8 Å². The average molecular weight is 328 g/mol. The molecule has 0 amide bonds. The lowest BCUT2D eigenvalue weighted by molar-refractivity contribution is -0.147. The Morgan fingerprint density at radius 3 is 2.87 bits per heavy atom. The summed E-state index contributed by atoms with van der Waals surface area (Å²) in [7, 11) is 0. The molecule has 0 N–H and O–H groups in total. The van der Waals surface area contributed by atoms with Crippen molar-refractivity contribution in [3.05, 3.63) is 69.6 Å². The number of carbonyl (C=O) groups excluding carboxylic acids is 1. The highest BCUT2D eigenvalue weighted by atomic mass is 32.1. The molecule has 6 heteroatoms. The summed E-state index contributed by atoms with van der Waals surface area (Å²) in [6, 6.07) is 10.9. The van der Waals surface area contributed by atoms with Crippen LogP contribution in [0.5, 0.6) is 0 Å². The van der Waals surface area contributed by atoms with Crippen molar-refractivity contribution in [3.63, 3.8) is 0 Å². The predicted octanol–water partition coefficient (Wildman–Crippen LogP) is 2.99. The Kier molecular flexibility index (Phi) is 4.52. The molecule has 0 fully saturated rings. The fourth-order valence-electron chi connectivity index (χ4n) is 2.43. The maximum absolute atomic E-state index is 12.3. The van der Waals surface area contributed by atoms with Gasteiger partial charge in [-0.2, -0.15) is 0 Å². The van der Waals surface area contributed by atoms with E-state index in [0.717, 1.165) is 5.56 Å². The minimum absolute atomic E-state index is 0.00576. The molecule has 2 heterocycles. The van der Waals surface area contributed by atoms with Crippen LogP contribution in [0.3, 0.4) is 0 Å². The molecule has 0 bridgehead atoms. The van der Waals surface area contributed by atoms with E-state index in [2.05, 4.69) is 4.98 Å². The molecule has 0 aliphatic heterocycles. The van der Waals surface area contributed by atoms with Crippen molar-refractivity contribution in [2.24, 2.45) is 0 Å². The zero-order valence-electron chi connectivity index (χ0n) is 12.6. The molecule has 1 aromatic carbocycles. The molecular formula is C17H16N2O3S. The van der Waals surface area contributed by atoms with E-state index in [1.54, 1.807) is 11.6 Å². The first-order chi connectivity index (χ1) is 11.2.